The molecule has 2 aliphatic heterocycles. The van der Waals surface area contributed by atoms with E-state index < -0.39 is 16.3 Å². The molecule has 6 nitrogen and oxygen atoms in total. The molecule has 0 spiro atoms. The predicted octanol–water partition coefficient (Wildman–Crippen LogP) is 4.75. The zero-order chi connectivity index (χ0) is 19.5. The van der Waals surface area contributed by atoms with E-state index >= 15 is 0 Å². The lowest BCUT2D eigenvalue weighted by molar-refractivity contribution is -0.386. The van der Waals surface area contributed by atoms with E-state index in [2.05, 4.69) is 15.9 Å². The Hall–Kier alpha value is -1.67. The number of nitro groups is 1. The number of carbonyl (C=O) groups is 1. The van der Waals surface area contributed by atoms with Gasteiger partial charge in [-0.15, -0.1) is 0 Å². The Morgan fingerprint density at radius 3 is 2.81 bits per heavy atom. The second kappa shape index (κ2) is 6.44. The summed E-state index contributed by atoms with van der Waals surface area (Å²) in [6.45, 7) is 3.86. The summed E-state index contributed by atoms with van der Waals surface area (Å²) in [5.74, 6) is 0.161. The van der Waals surface area contributed by atoms with E-state index in [9.17, 15) is 20.0 Å². The maximum atomic E-state index is 13.3. The van der Waals surface area contributed by atoms with Crippen LogP contribution in [0.4, 0.5) is 5.69 Å². The van der Waals surface area contributed by atoms with E-state index in [1.807, 2.05) is 13.8 Å². The van der Waals surface area contributed by atoms with E-state index in [1.54, 1.807) is 17.8 Å². The Morgan fingerprint density at radius 1 is 1.37 bits per heavy atom. The molecule has 1 fully saturated rings. The molecule has 142 valence electrons. The van der Waals surface area contributed by atoms with Crippen molar-refractivity contribution in [1.29, 1.82) is 0 Å². The summed E-state index contributed by atoms with van der Waals surface area (Å²) < 4.78 is 0.513. The number of phenolic OH excluding ortho intramolecular Hbond substituents is 1. The van der Waals surface area contributed by atoms with Crippen LogP contribution in [0.15, 0.2) is 32.9 Å². The number of nitro benzene ring substituents is 1. The number of thioether (sulfide) groups is 1. The van der Waals surface area contributed by atoms with E-state index in [1.165, 1.54) is 6.07 Å². The van der Waals surface area contributed by atoms with Crippen LogP contribution in [-0.2, 0) is 4.79 Å². The van der Waals surface area contributed by atoms with Gasteiger partial charge in [-0.25, -0.2) is 0 Å². The van der Waals surface area contributed by atoms with Crippen molar-refractivity contribution >= 4 is 44.9 Å². The van der Waals surface area contributed by atoms with Crippen LogP contribution in [0.25, 0.3) is 0 Å². The lowest BCUT2D eigenvalue weighted by Gasteiger charge is -2.38. The van der Waals surface area contributed by atoms with E-state index in [4.69, 9.17) is 4.99 Å². The van der Waals surface area contributed by atoms with Crippen LogP contribution < -0.4 is 0 Å². The number of Topliss-reactive ketones (excluding diaryl/α,β-unsaturated/α-hetero) is 1. The fourth-order valence-electron chi connectivity index (χ4n) is 4.17. The Bertz CT molecular complexity index is 938. The first kappa shape index (κ1) is 18.7. The van der Waals surface area contributed by atoms with Crippen molar-refractivity contribution in [1.82, 2.24) is 0 Å². The van der Waals surface area contributed by atoms with Gasteiger partial charge in [-0.3, -0.25) is 19.9 Å². The number of fused-ring (bicyclic) bond motifs is 1. The highest BCUT2D eigenvalue weighted by Gasteiger charge is 2.48. The van der Waals surface area contributed by atoms with Crippen LogP contribution >= 0.6 is 27.7 Å². The zero-order valence-corrected chi connectivity index (χ0v) is 17.4. The van der Waals surface area contributed by atoms with Crippen LogP contribution in [0.3, 0.4) is 0 Å². The summed E-state index contributed by atoms with van der Waals surface area (Å²) in [4.78, 5) is 28.9. The number of carbonyl (C=O) groups excluding carboxylic acids is 1. The van der Waals surface area contributed by atoms with Crippen molar-refractivity contribution in [3.05, 3.63) is 43.6 Å². The number of halogens is 1. The van der Waals surface area contributed by atoms with Crippen molar-refractivity contribution in [2.75, 3.05) is 5.75 Å². The molecule has 0 bridgehead atoms. The van der Waals surface area contributed by atoms with Crippen LogP contribution in [0.2, 0.25) is 0 Å². The van der Waals surface area contributed by atoms with Gasteiger partial charge in [-0.2, -0.15) is 11.8 Å². The molecular formula is C19H19BrN2O4S. The molecule has 0 radical (unpaired) electrons. The summed E-state index contributed by atoms with van der Waals surface area (Å²) in [6.07, 6.45) is 2.29. The quantitative estimate of drug-likeness (QED) is 0.518. The minimum atomic E-state index is -0.592. The summed E-state index contributed by atoms with van der Waals surface area (Å²) in [7, 11) is 0. The summed E-state index contributed by atoms with van der Waals surface area (Å²) in [5.41, 5.74) is 2.02. The number of hydrogen-bond donors (Lipinski definition) is 1. The number of hydrogen-bond acceptors (Lipinski definition) is 6. The SMILES string of the molecule is CC1(C)CCC2=C(C1=O)C(c1cc(Br)cc([N+](=O)[O-])c1O)C1SCCC1=N2. The van der Waals surface area contributed by atoms with Crippen LogP contribution in [0, 0.1) is 15.5 Å². The second-order valence-electron chi connectivity index (χ2n) is 7.82. The van der Waals surface area contributed by atoms with Crippen LogP contribution in [0.1, 0.15) is 44.6 Å². The molecule has 1 aromatic carbocycles. The van der Waals surface area contributed by atoms with Gasteiger partial charge in [0.05, 0.1) is 10.2 Å². The number of rotatable bonds is 2. The van der Waals surface area contributed by atoms with Gasteiger partial charge in [0.25, 0.3) is 0 Å². The monoisotopic (exact) mass is 450 g/mol. The number of allylic oxidation sites excluding steroid dienone is 2. The fraction of sp³-hybridized carbons (Fsp3) is 0.474. The highest BCUT2D eigenvalue weighted by atomic mass is 79.9. The molecule has 1 aliphatic carbocycles. The topological polar surface area (TPSA) is 92.8 Å². The summed E-state index contributed by atoms with van der Waals surface area (Å²) >= 11 is 5.03. The number of ketones is 1. The number of nitrogens with zero attached hydrogens (tertiary/aromatic N) is 2. The summed E-state index contributed by atoms with van der Waals surface area (Å²) in [6, 6.07) is 2.99. The maximum Gasteiger partial charge on any atom is 0.312 e. The Labute approximate surface area is 169 Å². The lowest BCUT2D eigenvalue weighted by Crippen LogP contribution is -2.38. The Morgan fingerprint density at radius 2 is 2.11 bits per heavy atom. The molecule has 3 aliphatic rings. The third-order valence-electron chi connectivity index (χ3n) is 5.65. The Balaban J connectivity index is 1.96. The van der Waals surface area contributed by atoms with Crippen molar-refractivity contribution in [2.45, 2.75) is 44.3 Å². The molecule has 1 saturated heterocycles. The van der Waals surface area contributed by atoms with Gasteiger partial charge in [-0.1, -0.05) is 29.8 Å². The molecule has 8 heteroatoms. The first-order chi connectivity index (χ1) is 12.7. The van der Waals surface area contributed by atoms with Crippen molar-refractivity contribution in [3.63, 3.8) is 0 Å². The highest BCUT2D eigenvalue weighted by molar-refractivity contribution is 9.10. The van der Waals surface area contributed by atoms with E-state index in [-0.39, 0.29) is 22.5 Å². The summed E-state index contributed by atoms with van der Waals surface area (Å²) in [5, 5.41) is 22.1. The molecule has 27 heavy (non-hydrogen) atoms. The standard InChI is InChI=1S/C19H19BrN2O4S/c1-19(2)5-3-11-15(18(19)24)14(17-12(21-11)4-6-27-17)10-7-9(20)8-13(16(10)23)22(25)26/h7-8,14,17,23H,3-6H2,1-2H3. The van der Waals surface area contributed by atoms with Crippen LogP contribution in [-0.4, -0.2) is 32.5 Å². The van der Waals surface area contributed by atoms with Gasteiger partial charge in [0.2, 0.25) is 0 Å². The molecule has 1 aromatic rings. The molecular weight excluding hydrogens is 432 g/mol. The molecule has 2 unspecified atom stereocenters. The van der Waals surface area contributed by atoms with Crippen molar-refractivity contribution in [3.8, 4) is 5.75 Å². The van der Waals surface area contributed by atoms with Gasteiger partial charge >= 0.3 is 5.69 Å². The average molecular weight is 451 g/mol. The van der Waals surface area contributed by atoms with Gasteiger partial charge in [0.15, 0.2) is 11.5 Å². The fourth-order valence-corrected chi connectivity index (χ4v) is 6.06. The molecule has 0 aromatic heterocycles. The number of aromatic hydroxyl groups is 1. The van der Waals surface area contributed by atoms with Crippen molar-refractivity contribution < 1.29 is 14.8 Å². The average Bonchev–Trinajstić information content (AvgIpc) is 3.06. The third-order valence-corrected chi connectivity index (χ3v) is 7.45. The minimum Gasteiger partial charge on any atom is -0.502 e. The first-order valence-electron chi connectivity index (χ1n) is 8.84. The molecule has 2 heterocycles. The molecule has 0 saturated carbocycles. The lowest BCUT2D eigenvalue weighted by atomic mass is 9.68. The second-order valence-corrected chi connectivity index (χ2v) is 9.98. The first-order valence-corrected chi connectivity index (χ1v) is 10.7. The van der Waals surface area contributed by atoms with E-state index in [0.29, 0.717) is 22.0 Å². The predicted molar refractivity (Wildman–Crippen MR) is 109 cm³/mol. The normalized spacial score (nSPS) is 26.5. The van der Waals surface area contributed by atoms with Gasteiger partial charge in [0, 0.05) is 44.4 Å². The maximum absolute atomic E-state index is 13.3. The third kappa shape index (κ3) is 2.93. The highest BCUT2D eigenvalue weighted by Crippen LogP contribution is 2.53. The number of aliphatic imine (C=N–C) groups is 1. The molecule has 2 atom stereocenters. The van der Waals surface area contributed by atoms with Crippen LogP contribution in [0.5, 0.6) is 5.75 Å². The minimum absolute atomic E-state index is 0.0334. The molecule has 4 rings (SSSR count). The Kier molecular flexibility index (Phi) is 4.46. The van der Waals surface area contributed by atoms with Gasteiger partial charge in [0.1, 0.15) is 0 Å². The van der Waals surface area contributed by atoms with Crippen molar-refractivity contribution in [2.24, 2.45) is 10.4 Å². The smallest absolute Gasteiger partial charge is 0.312 e. The van der Waals surface area contributed by atoms with E-state index in [0.717, 1.165) is 30.0 Å². The largest absolute Gasteiger partial charge is 0.502 e. The van der Waals surface area contributed by atoms with Gasteiger partial charge in [-0.05, 0) is 31.1 Å². The molecule has 1 N–H and O–H groups in total. The zero-order valence-electron chi connectivity index (χ0n) is 15.0. The van der Waals surface area contributed by atoms with Gasteiger partial charge < -0.3 is 5.11 Å². The molecule has 0 amide bonds. The number of benzene rings is 1. The number of phenols is 1.